The normalized spacial score (nSPS) is 16.1. The maximum Gasteiger partial charge on any atom is 0.260 e. The average molecular weight is 432 g/mol. The van der Waals surface area contributed by atoms with E-state index in [1.165, 1.54) is 23.3 Å². The zero-order chi connectivity index (χ0) is 20.7. The van der Waals surface area contributed by atoms with Gasteiger partial charge in [0.2, 0.25) is 12.3 Å². The van der Waals surface area contributed by atoms with Crippen LogP contribution in [0.4, 0.5) is 10.8 Å². The van der Waals surface area contributed by atoms with E-state index >= 15 is 0 Å². The van der Waals surface area contributed by atoms with Crippen LogP contribution in [0, 0.1) is 0 Å². The maximum absolute atomic E-state index is 12.6. The molecule has 0 radical (unpaired) electrons. The largest absolute Gasteiger partial charge is 0.356 e. The van der Waals surface area contributed by atoms with Crippen molar-refractivity contribution in [2.75, 3.05) is 24.3 Å². The van der Waals surface area contributed by atoms with Gasteiger partial charge in [0.05, 0.1) is 17.7 Å². The summed E-state index contributed by atoms with van der Waals surface area (Å²) in [5.41, 5.74) is 2.71. The monoisotopic (exact) mass is 431 g/mol. The minimum Gasteiger partial charge on any atom is -0.356 e. The highest BCUT2D eigenvalue weighted by atomic mass is 35.5. The number of nitrogens with one attached hydrogen (secondary N) is 2. The number of hydrogen-bond acceptors (Lipinski definition) is 6. The molecular formula is C19H18ClN5O3S. The Morgan fingerprint density at radius 3 is 2.76 bits per heavy atom. The highest BCUT2D eigenvalue weighted by Crippen LogP contribution is 2.37. The van der Waals surface area contributed by atoms with E-state index in [-0.39, 0.29) is 18.2 Å². The molecule has 0 aliphatic carbocycles. The summed E-state index contributed by atoms with van der Waals surface area (Å²) in [6.07, 6.45) is -0.996. The lowest BCUT2D eigenvalue weighted by atomic mass is 10.1. The number of fused-ring (bicyclic) bond motifs is 1. The van der Waals surface area contributed by atoms with Crippen LogP contribution in [-0.4, -0.2) is 52.5 Å². The van der Waals surface area contributed by atoms with Crippen LogP contribution in [-0.2, 0) is 11.2 Å². The van der Waals surface area contributed by atoms with Gasteiger partial charge in [-0.2, -0.15) is 5.10 Å². The smallest absolute Gasteiger partial charge is 0.260 e. The van der Waals surface area contributed by atoms with Crippen molar-refractivity contribution in [1.29, 1.82) is 0 Å². The number of thiophene rings is 1. The molecule has 2 aromatic heterocycles. The lowest BCUT2D eigenvalue weighted by molar-refractivity contribution is -0.115. The Morgan fingerprint density at radius 1 is 1.31 bits per heavy atom. The third-order valence-corrected chi connectivity index (χ3v) is 6.12. The number of anilines is 2. The molecular weight excluding hydrogens is 414 g/mol. The quantitative estimate of drug-likeness (QED) is 0.589. The van der Waals surface area contributed by atoms with Crippen molar-refractivity contribution in [3.63, 3.8) is 0 Å². The Labute approximate surface area is 175 Å². The molecule has 1 aliphatic heterocycles. The molecule has 3 aromatic rings. The number of carbonyl (C=O) groups excluding carboxylic acids is 2. The Kier molecular flexibility index (Phi) is 5.03. The van der Waals surface area contributed by atoms with Gasteiger partial charge in [-0.15, -0.1) is 11.3 Å². The number of halogens is 1. The predicted octanol–water partition coefficient (Wildman–Crippen LogP) is 2.77. The van der Waals surface area contributed by atoms with Gasteiger partial charge >= 0.3 is 0 Å². The van der Waals surface area contributed by atoms with Crippen molar-refractivity contribution in [2.45, 2.75) is 12.8 Å². The van der Waals surface area contributed by atoms with Crippen LogP contribution < -0.4 is 10.2 Å². The minimum atomic E-state index is -1.02. The number of aromatic amines is 1. The summed E-state index contributed by atoms with van der Waals surface area (Å²) < 4.78 is 0. The van der Waals surface area contributed by atoms with Gasteiger partial charge in [0.15, 0.2) is 5.82 Å². The molecule has 0 saturated heterocycles. The van der Waals surface area contributed by atoms with Gasteiger partial charge in [-0.1, -0.05) is 23.7 Å². The molecule has 29 heavy (non-hydrogen) atoms. The molecule has 0 spiro atoms. The zero-order valence-corrected chi connectivity index (χ0v) is 17.2. The van der Waals surface area contributed by atoms with E-state index in [2.05, 4.69) is 15.5 Å². The van der Waals surface area contributed by atoms with Gasteiger partial charge in [0, 0.05) is 25.2 Å². The molecule has 150 valence electrons. The summed E-state index contributed by atoms with van der Waals surface area (Å²) in [7, 11) is 3.23. The standard InChI is InChI=1S/C19H18ClN5O3S/c1-24-17(27)16-11(9-29-18(16)25(2)19(24)28)7-15(26)21-14-8-13(22-23-14)10-3-5-12(20)6-4-10/h3-6,8-9,19,28H,7H2,1-2H3,(H2,21,22,23,26). The van der Waals surface area contributed by atoms with Crippen LogP contribution in [0.25, 0.3) is 11.3 Å². The number of benzene rings is 1. The average Bonchev–Trinajstić information content (AvgIpc) is 3.32. The Morgan fingerprint density at radius 2 is 2.03 bits per heavy atom. The van der Waals surface area contributed by atoms with E-state index in [0.29, 0.717) is 27.0 Å². The first-order valence-electron chi connectivity index (χ1n) is 8.75. The van der Waals surface area contributed by atoms with Gasteiger partial charge < -0.3 is 15.3 Å². The molecule has 1 atom stereocenters. The number of H-pyrrole nitrogens is 1. The molecule has 3 heterocycles. The minimum absolute atomic E-state index is 0.0263. The number of amides is 2. The number of aromatic nitrogens is 2. The maximum atomic E-state index is 12.6. The Hall–Kier alpha value is -2.88. The van der Waals surface area contributed by atoms with Crippen LogP contribution in [0.1, 0.15) is 15.9 Å². The SMILES string of the molecule is CN1C(=O)c2c(CC(=O)Nc3cc(-c4ccc(Cl)cc4)[nH]n3)csc2N(C)C1O. The fourth-order valence-corrected chi connectivity index (χ4v) is 4.35. The van der Waals surface area contributed by atoms with E-state index in [0.717, 1.165) is 11.3 Å². The first-order chi connectivity index (χ1) is 13.8. The van der Waals surface area contributed by atoms with E-state index in [9.17, 15) is 14.7 Å². The van der Waals surface area contributed by atoms with E-state index in [1.54, 1.807) is 35.5 Å². The lowest BCUT2D eigenvalue weighted by Crippen LogP contribution is -2.51. The molecule has 10 heteroatoms. The molecule has 1 aliphatic rings. The molecule has 0 saturated carbocycles. The van der Waals surface area contributed by atoms with Gasteiger partial charge in [0.1, 0.15) is 5.00 Å². The van der Waals surface area contributed by atoms with Crippen LogP contribution in [0.15, 0.2) is 35.7 Å². The number of carbonyl (C=O) groups is 2. The highest BCUT2D eigenvalue weighted by Gasteiger charge is 2.35. The second kappa shape index (κ2) is 7.51. The van der Waals surface area contributed by atoms with Crippen LogP contribution in [0.3, 0.4) is 0 Å². The van der Waals surface area contributed by atoms with Crippen LogP contribution >= 0.6 is 22.9 Å². The van der Waals surface area contributed by atoms with Crippen molar-refractivity contribution in [3.05, 3.63) is 51.9 Å². The number of aliphatic hydroxyl groups is 1. The van der Waals surface area contributed by atoms with Crippen LogP contribution in [0.2, 0.25) is 5.02 Å². The van der Waals surface area contributed by atoms with Crippen molar-refractivity contribution in [1.82, 2.24) is 15.1 Å². The van der Waals surface area contributed by atoms with E-state index < -0.39 is 6.35 Å². The van der Waals surface area contributed by atoms with Gasteiger partial charge in [-0.3, -0.25) is 19.6 Å². The molecule has 2 amide bonds. The summed E-state index contributed by atoms with van der Waals surface area (Å²) in [4.78, 5) is 27.9. The van der Waals surface area contributed by atoms with Gasteiger partial charge in [-0.25, -0.2) is 0 Å². The van der Waals surface area contributed by atoms with Crippen molar-refractivity contribution >= 4 is 45.6 Å². The predicted molar refractivity (Wildman–Crippen MR) is 112 cm³/mol. The zero-order valence-electron chi connectivity index (χ0n) is 15.6. The van der Waals surface area contributed by atoms with Gasteiger partial charge in [0.25, 0.3) is 5.91 Å². The molecule has 4 rings (SSSR count). The highest BCUT2D eigenvalue weighted by molar-refractivity contribution is 7.14. The molecule has 0 fully saturated rings. The van der Waals surface area contributed by atoms with Crippen molar-refractivity contribution < 1.29 is 14.7 Å². The molecule has 1 aromatic carbocycles. The number of hydrogen-bond donors (Lipinski definition) is 3. The molecule has 8 nitrogen and oxygen atoms in total. The topological polar surface area (TPSA) is 102 Å². The second-order valence-corrected chi connectivity index (χ2v) is 8.01. The van der Waals surface area contributed by atoms with Crippen LogP contribution in [0.5, 0.6) is 0 Å². The fourth-order valence-electron chi connectivity index (χ4n) is 3.17. The summed E-state index contributed by atoms with van der Waals surface area (Å²) in [5.74, 6) is -0.205. The number of nitrogens with zero attached hydrogens (tertiary/aromatic N) is 3. The first kappa shape index (κ1) is 19.4. The summed E-state index contributed by atoms with van der Waals surface area (Å²) in [6, 6.07) is 8.99. The Balaban J connectivity index is 1.49. The summed E-state index contributed by atoms with van der Waals surface area (Å²) >= 11 is 7.23. The summed E-state index contributed by atoms with van der Waals surface area (Å²) in [6.45, 7) is 0. The third-order valence-electron chi connectivity index (χ3n) is 4.75. The first-order valence-corrected chi connectivity index (χ1v) is 10.0. The Bertz CT molecular complexity index is 1080. The lowest BCUT2D eigenvalue weighted by Gasteiger charge is -2.36. The number of aliphatic hydroxyl groups excluding tert-OH is 1. The molecule has 1 unspecified atom stereocenters. The fraction of sp³-hybridized carbons (Fsp3) is 0.211. The molecule has 0 bridgehead atoms. The molecule has 3 N–H and O–H groups in total. The third kappa shape index (κ3) is 3.59. The summed E-state index contributed by atoms with van der Waals surface area (Å²) in [5, 5.41) is 22.9. The number of rotatable bonds is 4. The van der Waals surface area contributed by atoms with Crippen molar-refractivity contribution in [2.24, 2.45) is 0 Å². The van der Waals surface area contributed by atoms with E-state index in [4.69, 9.17) is 11.6 Å². The van der Waals surface area contributed by atoms with E-state index in [1.807, 2.05) is 12.1 Å². The second-order valence-electron chi connectivity index (χ2n) is 6.71. The van der Waals surface area contributed by atoms with Gasteiger partial charge in [-0.05, 0) is 28.6 Å². The van der Waals surface area contributed by atoms with Crippen molar-refractivity contribution in [3.8, 4) is 11.3 Å².